The van der Waals surface area contributed by atoms with Gasteiger partial charge in [-0.05, 0) is 58.3 Å². The minimum absolute atomic E-state index is 0.0635. The molecule has 0 fully saturated rings. The van der Waals surface area contributed by atoms with Gasteiger partial charge in [0.2, 0.25) is 0 Å². The summed E-state index contributed by atoms with van der Waals surface area (Å²) in [6.07, 6.45) is 8.47. The summed E-state index contributed by atoms with van der Waals surface area (Å²) in [5, 5.41) is 4.85. The van der Waals surface area contributed by atoms with E-state index in [1.54, 1.807) is 11.3 Å². The van der Waals surface area contributed by atoms with Crippen LogP contribution >= 0.6 is 11.3 Å². The molecule has 6 aromatic carbocycles. The van der Waals surface area contributed by atoms with E-state index in [2.05, 4.69) is 146 Å². The van der Waals surface area contributed by atoms with Crippen LogP contribution in [-0.4, -0.2) is 21.1 Å². The van der Waals surface area contributed by atoms with Crippen molar-refractivity contribution in [2.75, 3.05) is 0 Å². The maximum Gasteiger partial charge on any atom is 0.164 e. The molecule has 0 saturated carbocycles. The van der Waals surface area contributed by atoms with Gasteiger partial charge in [0.15, 0.2) is 17.5 Å². The predicted octanol–water partition coefficient (Wildman–Crippen LogP) is 11.0. The van der Waals surface area contributed by atoms with Gasteiger partial charge in [0.25, 0.3) is 0 Å². The van der Waals surface area contributed by atoms with Crippen molar-refractivity contribution in [3.8, 4) is 51.0 Å². The van der Waals surface area contributed by atoms with Gasteiger partial charge in [0.05, 0.1) is 0 Å². The standard InChI is InChI=1S/C43H27N3OS/c1-2-10-26(11-3-1)31-23-35(40-34-15-6-8-16-36(34)47-37(40)24-31)43-45-41(29-19-18-27-12-4-5-13-28(27)22-29)44-42(46-43)30-20-21-33-32-14-7-9-17-38(32)48-39(33)25-30/h1-25,34,36H. The number of hydrogen-bond donors (Lipinski definition) is 0. The van der Waals surface area contributed by atoms with E-state index >= 15 is 0 Å². The summed E-state index contributed by atoms with van der Waals surface area (Å²) in [7, 11) is 0. The van der Waals surface area contributed by atoms with Crippen LogP contribution in [0.1, 0.15) is 11.5 Å². The molecule has 0 radical (unpaired) electrons. The fourth-order valence-corrected chi connectivity index (χ4v) is 8.25. The average Bonchev–Trinajstić information content (AvgIpc) is 3.72. The Morgan fingerprint density at radius 2 is 1.21 bits per heavy atom. The Kier molecular flexibility index (Phi) is 6.14. The smallest absolute Gasteiger partial charge is 0.164 e. The fraction of sp³-hybridized carbons (Fsp3) is 0.0465. The number of aromatic nitrogens is 3. The number of allylic oxidation sites excluding steroid dienone is 2. The van der Waals surface area contributed by atoms with E-state index in [-0.39, 0.29) is 12.0 Å². The molecule has 0 amide bonds. The van der Waals surface area contributed by atoms with Crippen LogP contribution in [0.15, 0.2) is 152 Å². The summed E-state index contributed by atoms with van der Waals surface area (Å²) < 4.78 is 9.07. The van der Waals surface area contributed by atoms with Crippen LogP contribution in [0.25, 0.3) is 76.2 Å². The van der Waals surface area contributed by atoms with Crippen LogP contribution in [0, 0.1) is 0 Å². The highest BCUT2D eigenvalue weighted by Gasteiger charge is 2.36. The number of thiophene rings is 1. The van der Waals surface area contributed by atoms with Crippen LogP contribution in [0.4, 0.5) is 0 Å². The summed E-state index contributed by atoms with van der Waals surface area (Å²) in [5.41, 5.74) is 6.17. The van der Waals surface area contributed by atoms with Crippen molar-refractivity contribution in [1.29, 1.82) is 0 Å². The van der Waals surface area contributed by atoms with Crippen molar-refractivity contribution in [3.63, 3.8) is 0 Å². The molecule has 2 aliphatic rings. The molecule has 3 heterocycles. The van der Waals surface area contributed by atoms with Gasteiger partial charge < -0.3 is 4.74 Å². The Bertz CT molecular complexity index is 2620. The monoisotopic (exact) mass is 633 g/mol. The van der Waals surface area contributed by atoms with Crippen molar-refractivity contribution in [2.45, 2.75) is 12.0 Å². The van der Waals surface area contributed by atoms with Crippen LogP contribution < -0.4 is 4.74 Å². The van der Waals surface area contributed by atoms with Crippen molar-refractivity contribution < 1.29 is 4.74 Å². The third-order valence-electron chi connectivity index (χ3n) is 9.45. The van der Waals surface area contributed by atoms with E-state index in [0.29, 0.717) is 17.5 Å². The summed E-state index contributed by atoms with van der Waals surface area (Å²) >= 11 is 1.80. The van der Waals surface area contributed by atoms with Gasteiger partial charge in [-0.1, -0.05) is 115 Å². The highest BCUT2D eigenvalue weighted by Crippen LogP contribution is 2.48. The van der Waals surface area contributed by atoms with Gasteiger partial charge in [0, 0.05) is 48.3 Å². The van der Waals surface area contributed by atoms with Crippen molar-refractivity contribution in [1.82, 2.24) is 15.0 Å². The van der Waals surface area contributed by atoms with E-state index in [1.807, 2.05) is 6.07 Å². The number of fused-ring (bicyclic) bond motifs is 7. The van der Waals surface area contributed by atoms with Crippen LogP contribution in [0.5, 0.6) is 5.75 Å². The Morgan fingerprint density at radius 3 is 2.10 bits per heavy atom. The minimum atomic E-state index is -0.0635. The molecule has 48 heavy (non-hydrogen) atoms. The third-order valence-corrected chi connectivity index (χ3v) is 10.6. The summed E-state index contributed by atoms with van der Waals surface area (Å²) in [5.74, 6) is 2.88. The molecule has 0 N–H and O–H groups in total. The SMILES string of the molecule is C1=CC2Oc3cc(-c4ccccc4)cc(-c4nc(-c5ccc6ccccc6c5)nc(-c5ccc6c(c5)sc5ccccc56)n4)c3C2C=C1. The Morgan fingerprint density at radius 1 is 0.500 bits per heavy atom. The molecule has 5 heteroatoms. The van der Waals surface area contributed by atoms with Crippen molar-refractivity contribution in [2.24, 2.45) is 0 Å². The van der Waals surface area contributed by atoms with Gasteiger partial charge in [-0.25, -0.2) is 15.0 Å². The highest BCUT2D eigenvalue weighted by atomic mass is 32.1. The number of ether oxygens (including phenoxy) is 1. The number of rotatable bonds is 4. The summed E-state index contributed by atoms with van der Waals surface area (Å²) in [6, 6.07) is 44.8. The quantitative estimate of drug-likeness (QED) is 0.193. The van der Waals surface area contributed by atoms with E-state index in [1.165, 1.54) is 25.6 Å². The van der Waals surface area contributed by atoms with Gasteiger partial charge in [-0.3, -0.25) is 0 Å². The first-order chi connectivity index (χ1) is 23.7. The largest absolute Gasteiger partial charge is 0.485 e. The van der Waals surface area contributed by atoms with E-state index in [4.69, 9.17) is 19.7 Å². The molecule has 2 aromatic heterocycles. The number of benzene rings is 6. The molecule has 8 aromatic rings. The molecular formula is C43H27N3OS. The van der Waals surface area contributed by atoms with E-state index in [0.717, 1.165) is 44.5 Å². The maximum absolute atomic E-state index is 6.58. The maximum atomic E-state index is 6.58. The van der Waals surface area contributed by atoms with Gasteiger partial charge in [-0.2, -0.15) is 0 Å². The first-order valence-electron chi connectivity index (χ1n) is 16.2. The molecule has 2 unspecified atom stereocenters. The lowest BCUT2D eigenvalue weighted by Crippen LogP contribution is -2.16. The van der Waals surface area contributed by atoms with E-state index < -0.39 is 0 Å². The molecule has 1 aliphatic carbocycles. The molecular weight excluding hydrogens is 607 g/mol. The highest BCUT2D eigenvalue weighted by molar-refractivity contribution is 7.25. The van der Waals surface area contributed by atoms with Crippen LogP contribution in [0.2, 0.25) is 0 Å². The average molecular weight is 634 g/mol. The predicted molar refractivity (Wildman–Crippen MR) is 197 cm³/mol. The zero-order chi connectivity index (χ0) is 31.6. The Balaban J connectivity index is 1.22. The lowest BCUT2D eigenvalue weighted by atomic mass is 9.87. The second-order valence-electron chi connectivity index (χ2n) is 12.4. The zero-order valence-electron chi connectivity index (χ0n) is 25.7. The van der Waals surface area contributed by atoms with Crippen molar-refractivity contribution >= 4 is 42.3 Å². The first kappa shape index (κ1) is 27.2. The van der Waals surface area contributed by atoms with Gasteiger partial charge >= 0.3 is 0 Å². The Labute approximate surface area is 281 Å². The molecule has 2 atom stereocenters. The molecule has 1 aliphatic heterocycles. The minimum Gasteiger partial charge on any atom is -0.485 e. The molecule has 0 saturated heterocycles. The second kappa shape index (κ2) is 10.8. The summed E-state index contributed by atoms with van der Waals surface area (Å²) in [6.45, 7) is 0. The van der Waals surface area contributed by atoms with Crippen LogP contribution in [-0.2, 0) is 0 Å². The number of nitrogens with zero attached hydrogens (tertiary/aromatic N) is 3. The summed E-state index contributed by atoms with van der Waals surface area (Å²) in [4.78, 5) is 15.6. The Hall–Kier alpha value is -5.91. The second-order valence-corrected chi connectivity index (χ2v) is 13.4. The lowest BCUT2D eigenvalue weighted by molar-refractivity contribution is 0.269. The van der Waals surface area contributed by atoms with Crippen LogP contribution in [0.3, 0.4) is 0 Å². The van der Waals surface area contributed by atoms with Gasteiger partial charge in [0.1, 0.15) is 11.9 Å². The topological polar surface area (TPSA) is 47.9 Å². The zero-order valence-corrected chi connectivity index (χ0v) is 26.6. The first-order valence-corrected chi connectivity index (χ1v) is 17.0. The van der Waals surface area contributed by atoms with Crippen molar-refractivity contribution in [3.05, 3.63) is 157 Å². The number of hydrogen-bond acceptors (Lipinski definition) is 5. The molecule has 226 valence electrons. The third kappa shape index (κ3) is 4.47. The fourth-order valence-electron chi connectivity index (χ4n) is 7.10. The molecule has 10 rings (SSSR count). The molecule has 0 bridgehead atoms. The lowest BCUT2D eigenvalue weighted by Gasteiger charge is -2.17. The normalized spacial score (nSPS) is 16.3. The van der Waals surface area contributed by atoms with E-state index in [9.17, 15) is 0 Å². The van der Waals surface area contributed by atoms with Gasteiger partial charge in [-0.15, -0.1) is 11.3 Å². The molecule has 0 spiro atoms. The molecule has 4 nitrogen and oxygen atoms in total.